The minimum Gasteiger partial charge on any atom is -0.317 e. The second-order valence-corrected chi connectivity index (χ2v) is 9.91. The largest absolute Gasteiger partial charge is 0.317 e. The summed E-state index contributed by atoms with van der Waals surface area (Å²) in [6.07, 6.45) is 7.21. The molecule has 4 rings (SSSR count). The van der Waals surface area contributed by atoms with E-state index < -0.39 is 9.84 Å². The Hall–Kier alpha value is -1.91. The minimum absolute atomic E-state index is 0.0958. The lowest BCUT2D eigenvalue weighted by Crippen LogP contribution is -2.38. The van der Waals surface area contributed by atoms with E-state index in [0.29, 0.717) is 0 Å². The van der Waals surface area contributed by atoms with Gasteiger partial charge in [-0.2, -0.15) is 0 Å². The van der Waals surface area contributed by atoms with Gasteiger partial charge in [0, 0.05) is 6.26 Å². The van der Waals surface area contributed by atoms with Gasteiger partial charge in [0.2, 0.25) is 0 Å². The number of nitrogens with one attached hydrogen (secondary N) is 1. The Bertz CT molecular complexity index is 936. The summed E-state index contributed by atoms with van der Waals surface area (Å²) >= 11 is 0. The molecule has 26 heavy (non-hydrogen) atoms. The Balaban J connectivity index is 1.74. The minimum atomic E-state index is -3.01. The van der Waals surface area contributed by atoms with Crippen molar-refractivity contribution in [2.75, 3.05) is 19.3 Å². The fraction of sp³-hybridized carbons (Fsp3) is 0.364. The van der Waals surface area contributed by atoms with E-state index in [-0.39, 0.29) is 11.2 Å². The van der Waals surface area contributed by atoms with Gasteiger partial charge in [-0.1, -0.05) is 54.6 Å². The van der Waals surface area contributed by atoms with Gasteiger partial charge in [-0.3, -0.25) is 0 Å². The van der Waals surface area contributed by atoms with Crippen LogP contribution in [0.2, 0.25) is 0 Å². The number of allylic oxidation sites excluding steroid dienone is 1. The summed E-state index contributed by atoms with van der Waals surface area (Å²) in [6, 6.07) is 16.7. The molecule has 0 aromatic heterocycles. The van der Waals surface area contributed by atoms with Crippen LogP contribution in [-0.2, 0) is 22.0 Å². The van der Waals surface area contributed by atoms with Gasteiger partial charge in [0.05, 0.1) is 5.75 Å². The smallest absolute Gasteiger partial charge is 0.151 e. The highest BCUT2D eigenvalue weighted by atomic mass is 32.2. The Morgan fingerprint density at radius 2 is 1.69 bits per heavy atom. The zero-order valence-corrected chi connectivity index (χ0v) is 16.0. The van der Waals surface area contributed by atoms with Gasteiger partial charge < -0.3 is 5.32 Å². The van der Waals surface area contributed by atoms with Gasteiger partial charge in [0.1, 0.15) is 0 Å². The third-order valence-corrected chi connectivity index (χ3v) is 6.45. The van der Waals surface area contributed by atoms with Crippen LogP contribution in [0.4, 0.5) is 0 Å². The molecule has 1 N–H and O–H groups in total. The van der Waals surface area contributed by atoms with E-state index >= 15 is 0 Å². The van der Waals surface area contributed by atoms with Gasteiger partial charge in [-0.15, -0.1) is 0 Å². The first kappa shape index (κ1) is 17.5. The summed E-state index contributed by atoms with van der Waals surface area (Å²) < 4.78 is 23.1. The van der Waals surface area contributed by atoms with Gasteiger partial charge in [0.25, 0.3) is 0 Å². The summed E-state index contributed by atoms with van der Waals surface area (Å²) in [5.41, 5.74) is 6.28. The summed E-state index contributed by atoms with van der Waals surface area (Å²) in [6.45, 7) is 2.14. The van der Waals surface area contributed by atoms with E-state index in [0.717, 1.165) is 37.9 Å². The number of benzene rings is 2. The SMILES string of the molecule is CS(=O)(=O)Cc1ccc(C2=CC3(CCNCC3)Cc3ccccc32)cc1. The van der Waals surface area contributed by atoms with Crippen molar-refractivity contribution >= 4 is 15.4 Å². The normalized spacial score (nSPS) is 19.0. The van der Waals surface area contributed by atoms with Crippen LogP contribution in [0, 0.1) is 5.41 Å². The molecule has 3 nitrogen and oxygen atoms in total. The molecule has 4 heteroatoms. The van der Waals surface area contributed by atoms with Crippen LogP contribution in [0.25, 0.3) is 5.57 Å². The summed E-state index contributed by atoms with van der Waals surface area (Å²) in [4.78, 5) is 0. The molecule has 1 saturated heterocycles. The van der Waals surface area contributed by atoms with E-state index in [1.165, 1.54) is 28.5 Å². The van der Waals surface area contributed by atoms with Crippen LogP contribution < -0.4 is 5.32 Å². The lowest BCUT2D eigenvalue weighted by Gasteiger charge is -2.39. The molecule has 1 fully saturated rings. The molecule has 0 unspecified atom stereocenters. The van der Waals surface area contributed by atoms with Crippen LogP contribution in [0.3, 0.4) is 0 Å². The number of hydrogen-bond donors (Lipinski definition) is 1. The molecule has 0 atom stereocenters. The first-order valence-electron chi connectivity index (χ1n) is 9.23. The fourth-order valence-electron chi connectivity index (χ4n) is 4.32. The lowest BCUT2D eigenvalue weighted by molar-refractivity contribution is 0.268. The first-order chi connectivity index (χ1) is 12.4. The van der Waals surface area contributed by atoms with E-state index in [1.54, 1.807) is 0 Å². The highest BCUT2D eigenvalue weighted by Gasteiger charge is 2.34. The maximum Gasteiger partial charge on any atom is 0.151 e. The zero-order valence-electron chi connectivity index (χ0n) is 15.2. The molecular weight excluding hydrogens is 342 g/mol. The highest BCUT2D eigenvalue weighted by Crippen LogP contribution is 2.44. The monoisotopic (exact) mass is 367 g/mol. The average molecular weight is 368 g/mol. The summed E-state index contributed by atoms with van der Waals surface area (Å²) in [5.74, 6) is 0.0958. The van der Waals surface area contributed by atoms with Gasteiger partial charge >= 0.3 is 0 Å². The molecule has 0 radical (unpaired) electrons. The molecule has 2 aliphatic rings. The van der Waals surface area contributed by atoms with Crippen molar-refractivity contribution in [3.05, 3.63) is 76.9 Å². The Morgan fingerprint density at radius 1 is 1.00 bits per heavy atom. The molecule has 1 aliphatic carbocycles. The van der Waals surface area contributed by atoms with Crippen LogP contribution in [-0.4, -0.2) is 27.8 Å². The number of sulfone groups is 1. The van der Waals surface area contributed by atoms with Gasteiger partial charge in [-0.05, 0) is 65.6 Å². The molecule has 1 aliphatic heterocycles. The lowest BCUT2D eigenvalue weighted by atomic mass is 9.67. The van der Waals surface area contributed by atoms with Crippen LogP contribution in [0.5, 0.6) is 0 Å². The standard InChI is InChI=1S/C22H25NO2S/c1-26(24,25)16-17-6-8-18(9-7-17)21-15-22(10-12-23-13-11-22)14-19-4-2-3-5-20(19)21/h2-9,15,23H,10-14,16H2,1H3. The number of piperidine rings is 1. The van der Waals surface area contributed by atoms with Crippen molar-refractivity contribution in [2.24, 2.45) is 5.41 Å². The van der Waals surface area contributed by atoms with Crippen molar-refractivity contribution in [2.45, 2.75) is 25.0 Å². The second-order valence-electron chi connectivity index (χ2n) is 7.77. The maximum atomic E-state index is 11.5. The number of fused-ring (bicyclic) bond motifs is 1. The Morgan fingerprint density at radius 3 is 2.38 bits per heavy atom. The quantitative estimate of drug-likeness (QED) is 0.902. The van der Waals surface area contributed by atoms with Gasteiger partial charge in [0.15, 0.2) is 9.84 Å². The molecule has 2 aromatic rings. The van der Waals surface area contributed by atoms with Crippen molar-refractivity contribution in [3.63, 3.8) is 0 Å². The fourth-order valence-corrected chi connectivity index (χ4v) is 5.12. The summed E-state index contributed by atoms with van der Waals surface area (Å²) in [5, 5.41) is 3.48. The molecule has 0 amide bonds. The van der Waals surface area contributed by atoms with Crippen LogP contribution in [0.1, 0.15) is 35.1 Å². The molecule has 1 spiro atoms. The van der Waals surface area contributed by atoms with Crippen LogP contribution >= 0.6 is 0 Å². The van der Waals surface area contributed by atoms with Crippen molar-refractivity contribution in [1.29, 1.82) is 0 Å². The first-order valence-corrected chi connectivity index (χ1v) is 11.3. The zero-order chi connectivity index (χ0) is 18.2. The number of hydrogen-bond acceptors (Lipinski definition) is 3. The third kappa shape index (κ3) is 3.62. The van der Waals surface area contributed by atoms with E-state index in [9.17, 15) is 8.42 Å². The predicted octanol–water partition coefficient (Wildman–Crippen LogP) is 3.59. The second kappa shape index (κ2) is 6.67. The van der Waals surface area contributed by atoms with E-state index in [1.807, 2.05) is 12.1 Å². The van der Waals surface area contributed by atoms with Crippen LogP contribution in [0.15, 0.2) is 54.6 Å². The molecular formula is C22H25NO2S. The average Bonchev–Trinajstić information content (AvgIpc) is 2.61. The van der Waals surface area contributed by atoms with Gasteiger partial charge in [-0.25, -0.2) is 8.42 Å². The molecule has 136 valence electrons. The predicted molar refractivity (Wildman–Crippen MR) is 107 cm³/mol. The van der Waals surface area contributed by atoms with E-state index in [4.69, 9.17) is 0 Å². The Kier molecular flexibility index (Phi) is 4.49. The molecule has 1 heterocycles. The number of rotatable bonds is 3. The van der Waals surface area contributed by atoms with Crippen molar-refractivity contribution in [3.8, 4) is 0 Å². The molecule has 0 saturated carbocycles. The maximum absolute atomic E-state index is 11.5. The highest BCUT2D eigenvalue weighted by molar-refractivity contribution is 7.89. The molecule has 2 aromatic carbocycles. The van der Waals surface area contributed by atoms with Crippen molar-refractivity contribution < 1.29 is 8.42 Å². The van der Waals surface area contributed by atoms with Crippen molar-refractivity contribution in [1.82, 2.24) is 5.32 Å². The van der Waals surface area contributed by atoms with E-state index in [2.05, 4.69) is 47.8 Å². The third-order valence-electron chi connectivity index (χ3n) is 5.59. The topological polar surface area (TPSA) is 46.2 Å². The summed E-state index contributed by atoms with van der Waals surface area (Å²) in [7, 11) is -3.01. The molecule has 0 bridgehead atoms. The Labute approximate surface area is 156 Å².